The molecule has 0 atom stereocenters. The van der Waals surface area contributed by atoms with Crippen molar-refractivity contribution in [1.82, 2.24) is 9.97 Å². The van der Waals surface area contributed by atoms with Crippen molar-refractivity contribution < 1.29 is 18.5 Å². The number of carbonyl (C=O) groups excluding carboxylic acids is 2. The third-order valence-electron chi connectivity index (χ3n) is 2.01. The van der Waals surface area contributed by atoms with Crippen LogP contribution in [0.15, 0.2) is 18.6 Å². The lowest BCUT2D eigenvalue weighted by molar-refractivity contribution is -0.139. The number of ether oxygens (including phenoxy) is 1. The lowest BCUT2D eigenvalue weighted by Gasteiger charge is -2.01. The lowest BCUT2D eigenvalue weighted by atomic mass is 10.4. The van der Waals surface area contributed by atoms with E-state index in [9.17, 15) is 9.59 Å². The fourth-order valence-electron chi connectivity index (χ4n) is 1.26. The zero-order valence-electron chi connectivity index (χ0n) is 9.99. The van der Waals surface area contributed by atoms with Gasteiger partial charge in [0.05, 0.1) is 18.6 Å². The van der Waals surface area contributed by atoms with Crippen LogP contribution in [-0.4, -0.2) is 34.3 Å². The molecule has 0 aliphatic heterocycles. The Morgan fingerprint density at radius 2 is 2.32 bits per heavy atom. The molecule has 0 radical (unpaired) electrons. The monoisotopic (exact) mass is 298 g/mol. The molecule has 0 aliphatic carbocycles. The van der Waals surface area contributed by atoms with Crippen LogP contribution in [0.25, 0.3) is 10.2 Å². The van der Waals surface area contributed by atoms with Crippen LogP contribution in [0, 0.1) is 0 Å². The van der Waals surface area contributed by atoms with Gasteiger partial charge in [0.2, 0.25) is 0 Å². The molecule has 0 saturated carbocycles. The Morgan fingerprint density at radius 1 is 1.47 bits per heavy atom. The number of fused-ring (bicyclic) bond motifs is 1. The molecule has 19 heavy (non-hydrogen) atoms. The van der Waals surface area contributed by atoms with Crippen LogP contribution in [0.2, 0.25) is 0 Å². The number of rotatable bonds is 5. The highest BCUT2D eigenvalue weighted by Gasteiger charge is 2.14. The van der Waals surface area contributed by atoms with E-state index in [0.717, 1.165) is 22.3 Å². The van der Waals surface area contributed by atoms with E-state index in [1.807, 2.05) is 0 Å². The topological polar surface area (TPSA) is 78.4 Å². The van der Waals surface area contributed by atoms with Crippen molar-refractivity contribution in [3.63, 3.8) is 0 Å². The maximum absolute atomic E-state index is 11.7. The van der Waals surface area contributed by atoms with E-state index < -0.39 is 11.9 Å². The summed E-state index contributed by atoms with van der Waals surface area (Å²) in [5.41, 5.74) is 0. The molecule has 0 fully saturated rings. The second kappa shape index (κ2) is 6.48. The molecule has 2 aromatic heterocycles. The van der Waals surface area contributed by atoms with Crippen molar-refractivity contribution in [2.75, 3.05) is 12.4 Å². The van der Waals surface area contributed by atoms with E-state index in [2.05, 4.69) is 9.97 Å². The normalized spacial score (nSPS) is 10.4. The number of thiophene rings is 1. The van der Waals surface area contributed by atoms with Gasteiger partial charge in [0.1, 0.15) is 21.8 Å². The van der Waals surface area contributed by atoms with Crippen LogP contribution in [0.5, 0.6) is 0 Å². The molecule has 8 heteroatoms. The number of esters is 1. The van der Waals surface area contributed by atoms with Gasteiger partial charge in [-0.1, -0.05) is 0 Å². The first-order chi connectivity index (χ1) is 9.20. The molecule has 0 bridgehead atoms. The van der Waals surface area contributed by atoms with Crippen molar-refractivity contribution >= 4 is 45.5 Å². The van der Waals surface area contributed by atoms with Crippen molar-refractivity contribution in [2.45, 2.75) is 6.92 Å². The van der Waals surface area contributed by atoms with E-state index in [4.69, 9.17) is 8.92 Å². The zero-order chi connectivity index (χ0) is 13.7. The van der Waals surface area contributed by atoms with Crippen LogP contribution in [0.3, 0.4) is 0 Å². The lowest BCUT2D eigenvalue weighted by Crippen LogP contribution is -2.08. The predicted octanol–water partition coefficient (Wildman–Crippen LogP) is 2.06. The van der Waals surface area contributed by atoms with E-state index in [-0.39, 0.29) is 5.75 Å². The molecule has 0 amide bonds. The summed E-state index contributed by atoms with van der Waals surface area (Å²) in [6.45, 7) is 2.02. The molecule has 0 aromatic carbocycles. The highest BCUT2D eigenvalue weighted by Crippen LogP contribution is 2.24. The predicted molar refractivity (Wildman–Crippen MR) is 71.9 cm³/mol. The van der Waals surface area contributed by atoms with E-state index in [1.54, 1.807) is 19.2 Å². The standard InChI is InChI=1S/C11H10N2O4S2/c1-2-16-9(14)5-18-17-11(15)8-3-7-4-12-6-13-10(7)19-8/h3-4,6H,2,5H2,1H3. The molecule has 0 spiro atoms. The molecule has 2 aromatic rings. The van der Waals surface area contributed by atoms with Gasteiger partial charge >= 0.3 is 11.9 Å². The Balaban J connectivity index is 1.91. The first-order valence-electron chi connectivity index (χ1n) is 5.39. The summed E-state index contributed by atoms with van der Waals surface area (Å²) in [6, 6.07) is 1.66. The fourth-order valence-corrected chi connectivity index (χ4v) is 2.60. The van der Waals surface area contributed by atoms with Crippen LogP contribution in [-0.2, 0) is 13.7 Å². The maximum Gasteiger partial charge on any atom is 0.360 e. The van der Waals surface area contributed by atoms with Gasteiger partial charge in [-0.05, 0) is 13.0 Å². The third kappa shape index (κ3) is 3.65. The summed E-state index contributed by atoms with van der Waals surface area (Å²) in [7, 11) is 0. The third-order valence-corrected chi connectivity index (χ3v) is 3.68. The molecule has 2 heterocycles. The summed E-state index contributed by atoms with van der Waals surface area (Å²) < 4.78 is 9.62. The van der Waals surface area contributed by atoms with Gasteiger partial charge in [0.15, 0.2) is 0 Å². The number of hydrogen-bond acceptors (Lipinski definition) is 8. The Bertz CT molecular complexity index is 566. The summed E-state index contributed by atoms with van der Waals surface area (Å²) in [6.07, 6.45) is 3.05. The van der Waals surface area contributed by atoms with E-state index >= 15 is 0 Å². The molecular weight excluding hydrogens is 288 g/mol. The fraction of sp³-hybridized carbons (Fsp3) is 0.273. The Kier molecular flexibility index (Phi) is 4.69. The Labute approximate surface area is 117 Å². The molecule has 6 nitrogen and oxygen atoms in total. The van der Waals surface area contributed by atoms with Crippen LogP contribution >= 0.6 is 23.4 Å². The largest absolute Gasteiger partial charge is 0.465 e. The average Bonchev–Trinajstić information content (AvgIpc) is 2.82. The number of nitrogens with zero attached hydrogens (tertiary/aromatic N) is 2. The molecule has 0 saturated heterocycles. The number of aromatic nitrogens is 2. The van der Waals surface area contributed by atoms with Crippen molar-refractivity contribution in [1.29, 1.82) is 0 Å². The SMILES string of the molecule is CCOC(=O)CSOC(=O)c1cc2cncnc2s1. The molecule has 2 rings (SSSR count). The van der Waals surface area contributed by atoms with Gasteiger partial charge in [-0.2, -0.15) is 0 Å². The minimum absolute atomic E-state index is 0.0235. The first-order valence-corrected chi connectivity index (χ1v) is 7.12. The highest BCUT2D eigenvalue weighted by molar-refractivity contribution is 7.95. The van der Waals surface area contributed by atoms with Crippen LogP contribution in [0.4, 0.5) is 0 Å². The summed E-state index contributed by atoms with van der Waals surface area (Å²) in [5.74, 6) is -0.940. The number of hydrogen-bond donors (Lipinski definition) is 0. The quantitative estimate of drug-likeness (QED) is 0.617. The van der Waals surface area contributed by atoms with Gasteiger partial charge in [0, 0.05) is 11.6 Å². The van der Waals surface area contributed by atoms with Crippen molar-refractivity contribution in [2.24, 2.45) is 0 Å². The van der Waals surface area contributed by atoms with Gasteiger partial charge in [-0.15, -0.1) is 11.3 Å². The Hall–Kier alpha value is -1.67. The summed E-state index contributed by atoms with van der Waals surface area (Å²) >= 11 is 1.98. The molecule has 100 valence electrons. The summed E-state index contributed by atoms with van der Waals surface area (Å²) in [4.78, 5) is 31.8. The highest BCUT2D eigenvalue weighted by atomic mass is 32.2. The average molecular weight is 298 g/mol. The van der Waals surface area contributed by atoms with Crippen molar-refractivity contribution in [3.05, 3.63) is 23.5 Å². The first kappa shape index (κ1) is 13.8. The maximum atomic E-state index is 11.7. The Morgan fingerprint density at radius 3 is 3.05 bits per heavy atom. The second-order valence-corrected chi connectivity index (χ2v) is 5.05. The molecule has 0 N–H and O–H groups in total. The zero-order valence-corrected chi connectivity index (χ0v) is 11.6. The second-order valence-electron chi connectivity index (χ2n) is 3.33. The van der Waals surface area contributed by atoms with Crippen LogP contribution in [0.1, 0.15) is 16.6 Å². The minimum atomic E-state index is -0.503. The van der Waals surface area contributed by atoms with Gasteiger partial charge in [0.25, 0.3) is 0 Å². The van der Waals surface area contributed by atoms with E-state index in [0.29, 0.717) is 11.5 Å². The smallest absolute Gasteiger partial charge is 0.360 e. The van der Waals surface area contributed by atoms with Crippen LogP contribution < -0.4 is 0 Å². The summed E-state index contributed by atoms with van der Waals surface area (Å²) in [5, 5.41) is 0.787. The van der Waals surface area contributed by atoms with Gasteiger partial charge in [-0.25, -0.2) is 14.8 Å². The van der Waals surface area contributed by atoms with Gasteiger partial charge in [-0.3, -0.25) is 4.79 Å². The van der Waals surface area contributed by atoms with Gasteiger partial charge < -0.3 is 8.92 Å². The minimum Gasteiger partial charge on any atom is -0.465 e. The molecule has 0 aliphatic rings. The van der Waals surface area contributed by atoms with Crippen molar-refractivity contribution in [3.8, 4) is 0 Å². The molecular formula is C11H10N2O4S2. The van der Waals surface area contributed by atoms with E-state index in [1.165, 1.54) is 17.7 Å². The number of carbonyl (C=O) groups is 2. The molecule has 0 unspecified atom stereocenters.